The normalized spacial score (nSPS) is 23.4. The third-order valence-electron chi connectivity index (χ3n) is 3.63. The highest BCUT2D eigenvalue weighted by Gasteiger charge is 2.26. The van der Waals surface area contributed by atoms with E-state index in [1.807, 2.05) is 12.1 Å². The van der Waals surface area contributed by atoms with Crippen LogP contribution in [0.5, 0.6) is 0 Å². The topological polar surface area (TPSA) is 76.7 Å². The summed E-state index contributed by atoms with van der Waals surface area (Å²) in [6.07, 6.45) is 6.96. The van der Waals surface area contributed by atoms with Crippen molar-refractivity contribution in [1.82, 2.24) is 15.0 Å². The van der Waals surface area contributed by atoms with Gasteiger partial charge in [-0.3, -0.25) is 4.98 Å². The first kappa shape index (κ1) is 11.3. The van der Waals surface area contributed by atoms with Gasteiger partial charge in [0, 0.05) is 18.4 Å². The lowest BCUT2D eigenvalue weighted by atomic mass is 10.0. The van der Waals surface area contributed by atoms with Gasteiger partial charge in [0.1, 0.15) is 11.3 Å². The fraction of sp³-hybridized carbons (Fsp3) is 0.462. The fourth-order valence-corrected chi connectivity index (χ4v) is 2.63. The first-order chi connectivity index (χ1) is 8.86. The van der Waals surface area contributed by atoms with Crippen LogP contribution in [-0.2, 0) is 0 Å². The Morgan fingerprint density at radius 2 is 2.11 bits per heavy atom. The van der Waals surface area contributed by atoms with Crippen LogP contribution in [0.15, 0.2) is 24.5 Å². The third kappa shape index (κ3) is 2.13. The van der Waals surface area contributed by atoms with Crippen molar-refractivity contribution >= 4 is 17.0 Å². The van der Waals surface area contributed by atoms with Gasteiger partial charge in [-0.2, -0.15) is 0 Å². The molecule has 5 heteroatoms. The molecule has 2 aromatic heterocycles. The van der Waals surface area contributed by atoms with E-state index in [2.05, 4.69) is 20.3 Å². The van der Waals surface area contributed by atoms with E-state index < -0.39 is 0 Å². The highest BCUT2D eigenvalue weighted by Crippen LogP contribution is 2.27. The molecule has 1 aliphatic rings. The van der Waals surface area contributed by atoms with Gasteiger partial charge in [-0.25, -0.2) is 9.97 Å². The molecule has 0 spiro atoms. The number of hydrogen-bond acceptors (Lipinski definition) is 5. The molecule has 94 valence electrons. The summed E-state index contributed by atoms with van der Waals surface area (Å²) < 4.78 is 0. The molecule has 0 aliphatic heterocycles. The maximum absolute atomic E-state index is 5.79. The molecule has 1 saturated carbocycles. The van der Waals surface area contributed by atoms with E-state index in [1.165, 1.54) is 19.3 Å². The van der Waals surface area contributed by atoms with Crippen LogP contribution in [0.2, 0.25) is 0 Å². The lowest BCUT2D eigenvalue weighted by molar-refractivity contribution is 0.515. The zero-order valence-corrected chi connectivity index (χ0v) is 10.2. The summed E-state index contributed by atoms with van der Waals surface area (Å²) in [5, 5.41) is 3.48. The summed E-state index contributed by atoms with van der Waals surface area (Å²) in [7, 11) is 0. The van der Waals surface area contributed by atoms with Gasteiger partial charge >= 0.3 is 0 Å². The Balaban J connectivity index is 1.82. The molecule has 2 atom stereocenters. The summed E-state index contributed by atoms with van der Waals surface area (Å²) in [6, 6.07) is 4.35. The number of anilines is 1. The highest BCUT2D eigenvalue weighted by molar-refractivity contribution is 5.71. The smallest absolute Gasteiger partial charge is 0.180 e. The molecule has 1 aliphatic carbocycles. The van der Waals surface area contributed by atoms with Crippen molar-refractivity contribution in [2.24, 2.45) is 11.7 Å². The zero-order valence-electron chi connectivity index (χ0n) is 10.2. The van der Waals surface area contributed by atoms with E-state index in [0.29, 0.717) is 17.6 Å². The quantitative estimate of drug-likeness (QED) is 0.855. The van der Waals surface area contributed by atoms with E-state index in [0.717, 1.165) is 17.9 Å². The summed E-state index contributed by atoms with van der Waals surface area (Å²) in [5.74, 6) is 1.43. The molecule has 2 heterocycles. The molecule has 2 unspecified atom stereocenters. The number of nitrogens with zero attached hydrogens (tertiary/aromatic N) is 3. The van der Waals surface area contributed by atoms with Gasteiger partial charge in [0.05, 0.1) is 0 Å². The zero-order chi connectivity index (χ0) is 12.4. The molecule has 18 heavy (non-hydrogen) atoms. The molecule has 0 bridgehead atoms. The summed E-state index contributed by atoms with van der Waals surface area (Å²) in [4.78, 5) is 12.9. The van der Waals surface area contributed by atoms with Crippen LogP contribution in [0, 0.1) is 5.92 Å². The molecular formula is C13H17N5. The molecule has 0 aromatic carbocycles. The first-order valence-corrected chi connectivity index (χ1v) is 6.41. The van der Waals surface area contributed by atoms with Gasteiger partial charge in [0.2, 0.25) is 0 Å². The van der Waals surface area contributed by atoms with Gasteiger partial charge in [-0.15, -0.1) is 0 Å². The maximum Gasteiger partial charge on any atom is 0.180 e. The second-order valence-corrected chi connectivity index (χ2v) is 4.77. The van der Waals surface area contributed by atoms with E-state index in [4.69, 9.17) is 5.73 Å². The number of rotatable bonds is 3. The van der Waals surface area contributed by atoms with Gasteiger partial charge < -0.3 is 11.1 Å². The van der Waals surface area contributed by atoms with Gasteiger partial charge in [-0.1, -0.05) is 6.42 Å². The maximum atomic E-state index is 5.79. The summed E-state index contributed by atoms with van der Waals surface area (Å²) in [6.45, 7) is 0.741. The van der Waals surface area contributed by atoms with Crippen molar-refractivity contribution in [2.75, 3.05) is 11.9 Å². The van der Waals surface area contributed by atoms with Crippen LogP contribution in [0.3, 0.4) is 0 Å². The van der Waals surface area contributed by atoms with E-state index in [-0.39, 0.29) is 0 Å². The molecule has 5 nitrogen and oxygen atoms in total. The largest absolute Gasteiger partial charge is 0.367 e. The number of hydrogen-bond donors (Lipinski definition) is 2. The monoisotopic (exact) mass is 243 g/mol. The number of pyridine rings is 1. The minimum absolute atomic E-state index is 0.441. The Labute approximate surface area is 106 Å². The van der Waals surface area contributed by atoms with E-state index in [9.17, 15) is 0 Å². The number of aromatic nitrogens is 3. The average molecular weight is 243 g/mol. The molecule has 0 saturated heterocycles. The van der Waals surface area contributed by atoms with E-state index in [1.54, 1.807) is 12.4 Å². The Morgan fingerprint density at radius 1 is 1.22 bits per heavy atom. The standard InChI is InChI=1S/C13H17N5/c14-8-9-2-1-3-10(9)17-12-5-4-11-13(18-12)16-7-6-15-11/h4-7,9-10H,1-3,8,14H2,(H,16,17,18). The minimum atomic E-state index is 0.441. The second kappa shape index (κ2) is 4.86. The molecule has 3 N–H and O–H groups in total. The van der Waals surface area contributed by atoms with Crippen molar-refractivity contribution in [3.8, 4) is 0 Å². The Bertz CT molecular complexity index is 542. The van der Waals surface area contributed by atoms with Crippen molar-refractivity contribution in [2.45, 2.75) is 25.3 Å². The second-order valence-electron chi connectivity index (χ2n) is 4.77. The van der Waals surface area contributed by atoms with Gasteiger partial charge in [0.15, 0.2) is 5.65 Å². The van der Waals surface area contributed by atoms with Crippen molar-refractivity contribution in [3.63, 3.8) is 0 Å². The fourth-order valence-electron chi connectivity index (χ4n) is 2.63. The number of nitrogens with one attached hydrogen (secondary N) is 1. The molecular weight excluding hydrogens is 226 g/mol. The Morgan fingerprint density at radius 3 is 3.00 bits per heavy atom. The van der Waals surface area contributed by atoms with Crippen LogP contribution in [0.25, 0.3) is 11.2 Å². The lowest BCUT2D eigenvalue weighted by Gasteiger charge is -2.19. The molecule has 1 fully saturated rings. The first-order valence-electron chi connectivity index (χ1n) is 6.41. The highest BCUT2D eigenvalue weighted by atomic mass is 15.0. The predicted octanol–water partition coefficient (Wildman–Crippen LogP) is 1.56. The van der Waals surface area contributed by atoms with Crippen LogP contribution in [0.4, 0.5) is 5.82 Å². The summed E-state index contributed by atoms with van der Waals surface area (Å²) >= 11 is 0. The molecule has 0 radical (unpaired) electrons. The van der Waals surface area contributed by atoms with Crippen LogP contribution >= 0.6 is 0 Å². The van der Waals surface area contributed by atoms with Crippen LogP contribution in [0.1, 0.15) is 19.3 Å². The van der Waals surface area contributed by atoms with Crippen molar-refractivity contribution in [1.29, 1.82) is 0 Å². The third-order valence-corrected chi connectivity index (χ3v) is 3.63. The van der Waals surface area contributed by atoms with E-state index >= 15 is 0 Å². The number of nitrogens with two attached hydrogens (primary N) is 1. The molecule has 3 rings (SSSR count). The minimum Gasteiger partial charge on any atom is -0.367 e. The molecule has 0 amide bonds. The Hall–Kier alpha value is -1.75. The lowest BCUT2D eigenvalue weighted by Crippen LogP contribution is -2.29. The van der Waals surface area contributed by atoms with Crippen LogP contribution in [-0.4, -0.2) is 27.5 Å². The van der Waals surface area contributed by atoms with Crippen molar-refractivity contribution in [3.05, 3.63) is 24.5 Å². The van der Waals surface area contributed by atoms with Crippen LogP contribution < -0.4 is 11.1 Å². The SMILES string of the molecule is NCC1CCCC1Nc1ccc2nccnc2n1. The average Bonchev–Trinajstić information content (AvgIpc) is 2.86. The molecule has 2 aromatic rings. The Kier molecular flexibility index (Phi) is 3.06. The van der Waals surface area contributed by atoms with Gasteiger partial charge in [-0.05, 0) is 37.4 Å². The van der Waals surface area contributed by atoms with Gasteiger partial charge in [0.25, 0.3) is 0 Å². The van der Waals surface area contributed by atoms with Crippen molar-refractivity contribution < 1.29 is 0 Å². The predicted molar refractivity (Wildman–Crippen MR) is 71.1 cm³/mol. The summed E-state index contributed by atoms with van der Waals surface area (Å²) in [5.41, 5.74) is 7.29. The number of fused-ring (bicyclic) bond motifs is 1.